The van der Waals surface area contributed by atoms with Crippen molar-refractivity contribution in [1.29, 1.82) is 0 Å². The molecule has 0 bridgehead atoms. The average molecular weight is 317 g/mol. The van der Waals surface area contributed by atoms with Crippen LogP contribution in [0.15, 0.2) is 18.2 Å². The molecule has 4 nitrogen and oxygen atoms in total. The highest BCUT2D eigenvalue weighted by molar-refractivity contribution is 6.36. The van der Waals surface area contributed by atoms with E-state index in [0.717, 1.165) is 13.1 Å². The van der Waals surface area contributed by atoms with Gasteiger partial charge in [-0.15, -0.1) is 0 Å². The Hall–Kier alpha value is -0.810. The second-order valence-electron chi connectivity index (χ2n) is 5.23. The van der Waals surface area contributed by atoms with Crippen molar-refractivity contribution in [2.75, 3.05) is 26.7 Å². The predicted octanol–water partition coefficient (Wildman–Crippen LogP) is 2.76. The Morgan fingerprint density at radius 2 is 1.95 bits per heavy atom. The summed E-state index contributed by atoms with van der Waals surface area (Å²) in [7, 11) is 2.03. The highest BCUT2D eigenvalue weighted by Gasteiger charge is 2.36. The number of carboxylic acids is 1. The number of nitrogens with zero attached hydrogens (tertiary/aromatic N) is 2. The molecule has 1 aliphatic rings. The van der Waals surface area contributed by atoms with Crippen molar-refractivity contribution in [2.45, 2.75) is 19.0 Å². The van der Waals surface area contributed by atoms with Crippen LogP contribution >= 0.6 is 23.2 Å². The van der Waals surface area contributed by atoms with Crippen molar-refractivity contribution in [3.8, 4) is 0 Å². The Labute approximate surface area is 128 Å². The molecule has 0 aliphatic carbocycles. The van der Waals surface area contributed by atoms with E-state index in [1.807, 2.05) is 18.9 Å². The summed E-state index contributed by atoms with van der Waals surface area (Å²) < 4.78 is 0. The maximum absolute atomic E-state index is 11.8. The van der Waals surface area contributed by atoms with E-state index >= 15 is 0 Å². The van der Waals surface area contributed by atoms with Crippen molar-refractivity contribution in [3.63, 3.8) is 0 Å². The number of aliphatic carboxylic acids is 1. The van der Waals surface area contributed by atoms with Crippen molar-refractivity contribution in [2.24, 2.45) is 0 Å². The van der Waals surface area contributed by atoms with Gasteiger partial charge in [0.1, 0.15) is 6.04 Å². The summed E-state index contributed by atoms with van der Waals surface area (Å²) in [6.07, 6.45) is 0. The van der Waals surface area contributed by atoms with Crippen LogP contribution in [-0.4, -0.2) is 53.6 Å². The fourth-order valence-corrected chi connectivity index (χ4v) is 3.34. The van der Waals surface area contributed by atoms with Crippen LogP contribution in [0.4, 0.5) is 0 Å². The van der Waals surface area contributed by atoms with Gasteiger partial charge in [-0.05, 0) is 26.1 Å². The molecule has 2 unspecified atom stereocenters. The molecule has 1 heterocycles. The van der Waals surface area contributed by atoms with Crippen LogP contribution in [0.1, 0.15) is 18.5 Å². The van der Waals surface area contributed by atoms with Crippen LogP contribution in [0, 0.1) is 0 Å². The number of carbonyl (C=O) groups is 1. The molecule has 0 saturated carbocycles. The van der Waals surface area contributed by atoms with Crippen LogP contribution in [0.2, 0.25) is 10.0 Å². The summed E-state index contributed by atoms with van der Waals surface area (Å²) in [4.78, 5) is 15.9. The van der Waals surface area contributed by atoms with E-state index < -0.39 is 12.0 Å². The van der Waals surface area contributed by atoms with Crippen molar-refractivity contribution in [3.05, 3.63) is 33.8 Å². The van der Waals surface area contributed by atoms with Crippen molar-refractivity contribution < 1.29 is 9.90 Å². The summed E-state index contributed by atoms with van der Waals surface area (Å²) >= 11 is 12.4. The minimum Gasteiger partial charge on any atom is -0.480 e. The zero-order valence-electron chi connectivity index (χ0n) is 11.5. The molecule has 1 aromatic carbocycles. The number of hydrogen-bond acceptors (Lipinski definition) is 3. The van der Waals surface area contributed by atoms with Gasteiger partial charge in [-0.3, -0.25) is 9.69 Å². The van der Waals surface area contributed by atoms with Gasteiger partial charge in [-0.25, -0.2) is 0 Å². The highest BCUT2D eigenvalue weighted by Crippen LogP contribution is 2.35. The van der Waals surface area contributed by atoms with E-state index in [1.54, 1.807) is 18.2 Å². The Balaban J connectivity index is 2.39. The largest absolute Gasteiger partial charge is 0.480 e. The third-order valence-electron chi connectivity index (χ3n) is 3.72. The maximum Gasteiger partial charge on any atom is 0.325 e. The molecular weight excluding hydrogens is 299 g/mol. The molecule has 2 rings (SSSR count). The maximum atomic E-state index is 11.8. The first-order valence-corrected chi connectivity index (χ1v) is 7.28. The zero-order chi connectivity index (χ0) is 14.9. The van der Waals surface area contributed by atoms with E-state index in [9.17, 15) is 9.90 Å². The van der Waals surface area contributed by atoms with E-state index in [4.69, 9.17) is 23.2 Å². The fourth-order valence-electron chi connectivity index (χ4n) is 2.74. The fraction of sp³-hybridized carbons (Fsp3) is 0.500. The number of rotatable bonds is 3. The second-order valence-corrected chi connectivity index (χ2v) is 6.04. The molecule has 0 amide bonds. The van der Waals surface area contributed by atoms with Crippen LogP contribution in [0.3, 0.4) is 0 Å². The third-order valence-corrected chi connectivity index (χ3v) is 4.38. The Morgan fingerprint density at radius 1 is 1.35 bits per heavy atom. The van der Waals surface area contributed by atoms with E-state index in [-0.39, 0.29) is 6.04 Å². The first kappa shape index (κ1) is 15.6. The second kappa shape index (κ2) is 6.31. The van der Waals surface area contributed by atoms with Crippen LogP contribution < -0.4 is 0 Å². The first-order chi connectivity index (χ1) is 9.41. The molecule has 1 aliphatic heterocycles. The van der Waals surface area contributed by atoms with Gasteiger partial charge < -0.3 is 10.0 Å². The molecule has 1 fully saturated rings. The lowest BCUT2D eigenvalue weighted by molar-refractivity contribution is -0.145. The standard InChI is InChI=1S/C14H18Cl2N2O2/c1-9-8-17(2)6-7-18(9)13(14(19)20)12-10(15)4-3-5-11(12)16/h3-5,9,13H,6-8H2,1-2H3,(H,19,20). The van der Waals surface area contributed by atoms with Gasteiger partial charge >= 0.3 is 5.97 Å². The molecule has 0 radical (unpaired) electrons. The van der Waals surface area contributed by atoms with Crippen LogP contribution in [0.5, 0.6) is 0 Å². The lowest BCUT2D eigenvalue weighted by atomic mass is 10.0. The molecule has 0 aromatic heterocycles. The average Bonchev–Trinajstić information content (AvgIpc) is 2.35. The summed E-state index contributed by atoms with van der Waals surface area (Å²) in [5.41, 5.74) is 0.486. The van der Waals surface area contributed by atoms with Crippen molar-refractivity contribution in [1.82, 2.24) is 9.80 Å². The number of halogens is 2. The van der Waals surface area contributed by atoms with Gasteiger partial charge in [0.2, 0.25) is 0 Å². The Kier molecular flexibility index (Phi) is 4.91. The van der Waals surface area contributed by atoms with Gasteiger partial charge in [0.25, 0.3) is 0 Å². The van der Waals surface area contributed by atoms with Crippen LogP contribution in [0.25, 0.3) is 0 Å². The normalized spacial score (nSPS) is 22.7. The summed E-state index contributed by atoms with van der Waals surface area (Å²) in [6, 6.07) is 4.40. The summed E-state index contributed by atoms with van der Waals surface area (Å²) in [5, 5.41) is 10.4. The highest BCUT2D eigenvalue weighted by atomic mass is 35.5. The number of hydrogen-bond donors (Lipinski definition) is 1. The zero-order valence-corrected chi connectivity index (χ0v) is 13.0. The number of carboxylic acid groups (broad SMARTS) is 1. The van der Waals surface area contributed by atoms with Crippen LogP contribution in [-0.2, 0) is 4.79 Å². The summed E-state index contributed by atoms with van der Waals surface area (Å²) in [5.74, 6) is -0.920. The van der Waals surface area contributed by atoms with Crippen molar-refractivity contribution >= 4 is 29.2 Å². The predicted molar refractivity (Wildman–Crippen MR) is 80.5 cm³/mol. The number of piperazine rings is 1. The quantitative estimate of drug-likeness (QED) is 0.931. The van der Waals surface area contributed by atoms with Gasteiger partial charge in [0, 0.05) is 41.3 Å². The molecule has 20 heavy (non-hydrogen) atoms. The molecule has 6 heteroatoms. The van der Waals surface area contributed by atoms with E-state index in [1.165, 1.54) is 0 Å². The molecule has 1 saturated heterocycles. The molecule has 110 valence electrons. The number of benzene rings is 1. The Bertz CT molecular complexity index is 490. The van der Waals surface area contributed by atoms with Gasteiger partial charge in [-0.2, -0.15) is 0 Å². The Morgan fingerprint density at radius 3 is 2.45 bits per heavy atom. The van der Waals surface area contributed by atoms with Gasteiger partial charge in [0.15, 0.2) is 0 Å². The van der Waals surface area contributed by atoms with Gasteiger partial charge in [0.05, 0.1) is 0 Å². The molecular formula is C14H18Cl2N2O2. The molecule has 0 spiro atoms. The number of likely N-dealkylation sites (N-methyl/N-ethyl adjacent to an activating group) is 1. The monoisotopic (exact) mass is 316 g/mol. The lowest BCUT2D eigenvalue weighted by Gasteiger charge is -2.41. The third kappa shape index (κ3) is 3.09. The minimum atomic E-state index is -0.920. The molecule has 2 atom stereocenters. The van der Waals surface area contributed by atoms with E-state index in [0.29, 0.717) is 22.2 Å². The molecule has 1 N–H and O–H groups in total. The topological polar surface area (TPSA) is 43.8 Å². The minimum absolute atomic E-state index is 0.127. The summed E-state index contributed by atoms with van der Waals surface area (Å²) in [6.45, 7) is 4.36. The molecule has 1 aromatic rings. The van der Waals surface area contributed by atoms with Gasteiger partial charge in [-0.1, -0.05) is 29.3 Å². The van der Waals surface area contributed by atoms with E-state index in [2.05, 4.69) is 4.90 Å². The first-order valence-electron chi connectivity index (χ1n) is 6.52. The smallest absolute Gasteiger partial charge is 0.325 e. The SMILES string of the molecule is CC1CN(C)CCN1C(C(=O)O)c1c(Cl)cccc1Cl. The lowest BCUT2D eigenvalue weighted by Crippen LogP contribution is -2.53.